The van der Waals surface area contributed by atoms with Crippen LogP contribution in [0, 0.1) is 5.92 Å². The van der Waals surface area contributed by atoms with Gasteiger partial charge >= 0.3 is 6.09 Å². The number of nitrogens with zero attached hydrogens (tertiary/aromatic N) is 3. The number of amides is 1. The Morgan fingerprint density at radius 1 is 0.818 bits per heavy atom. The first-order valence-electron chi connectivity index (χ1n) is 12.4. The molecule has 6 heteroatoms. The topological polar surface area (TPSA) is 45.2 Å². The van der Waals surface area contributed by atoms with Gasteiger partial charge in [0, 0.05) is 52.5 Å². The highest BCUT2D eigenvalue weighted by Crippen LogP contribution is 2.29. The Hall–Kier alpha value is -2.41. The summed E-state index contributed by atoms with van der Waals surface area (Å²) in [4.78, 5) is 19.4. The molecule has 3 saturated heterocycles. The van der Waals surface area contributed by atoms with E-state index in [2.05, 4.69) is 70.5 Å². The van der Waals surface area contributed by atoms with Crippen molar-refractivity contribution in [3.63, 3.8) is 0 Å². The molecule has 1 atom stereocenters. The summed E-state index contributed by atoms with van der Waals surface area (Å²) in [5.41, 5.74) is 2.68. The largest absolute Gasteiger partial charge is 0.443 e. The standard InChI is InChI=1S/C27H35N3O3/c31-27-30(19-22-11-17-32-18-12-22)21-25(33-27)20-28-13-15-29(16-14-28)26(23-7-3-1-4-8-23)24-9-5-2-6-10-24/h1-10,22,25-26H,11-21H2. The second-order valence-corrected chi connectivity index (χ2v) is 9.53. The second-order valence-electron chi connectivity index (χ2n) is 9.53. The van der Waals surface area contributed by atoms with Gasteiger partial charge in [-0.3, -0.25) is 9.80 Å². The quantitative estimate of drug-likeness (QED) is 0.646. The first kappa shape index (κ1) is 22.4. The molecule has 2 aromatic rings. The summed E-state index contributed by atoms with van der Waals surface area (Å²) in [5, 5.41) is 0. The van der Waals surface area contributed by atoms with Crippen LogP contribution in [0.5, 0.6) is 0 Å². The van der Waals surface area contributed by atoms with E-state index in [1.165, 1.54) is 11.1 Å². The highest BCUT2D eigenvalue weighted by molar-refractivity contribution is 5.69. The van der Waals surface area contributed by atoms with Gasteiger partial charge in [-0.25, -0.2) is 4.79 Å². The van der Waals surface area contributed by atoms with E-state index < -0.39 is 0 Å². The number of piperazine rings is 1. The third-order valence-corrected chi connectivity index (χ3v) is 7.23. The molecule has 1 amide bonds. The minimum Gasteiger partial charge on any atom is -0.443 e. The lowest BCUT2D eigenvalue weighted by Gasteiger charge is -2.40. The maximum absolute atomic E-state index is 12.4. The van der Waals surface area contributed by atoms with Crippen LogP contribution in [0.1, 0.15) is 30.0 Å². The molecule has 0 aromatic heterocycles. The SMILES string of the molecule is O=C1OC(CN2CCN(C(c3ccccc3)c3ccccc3)CC2)CN1CC1CCOCC1. The van der Waals surface area contributed by atoms with Crippen molar-refractivity contribution in [2.24, 2.45) is 5.92 Å². The first-order chi connectivity index (χ1) is 16.3. The van der Waals surface area contributed by atoms with Crippen LogP contribution in [0.15, 0.2) is 60.7 Å². The number of hydrogen-bond acceptors (Lipinski definition) is 5. The summed E-state index contributed by atoms with van der Waals surface area (Å²) in [5.74, 6) is 0.543. The zero-order valence-electron chi connectivity index (χ0n) is 19.4. The molecular weight excluding hydrogens is 414 g/mol. The maximum Gasteiger partial charge on any atom is 0.410 e. The zero-order valence-corrected chi connectivity index (χ0v) is 19.4. The van der Waals surface area contributed by atoms with Crippen molar-refractivity contribution < 1.29 is 14.3 Å². The van der Waals surface area contributed by atoms with E-state index in [0.29, 0.717) is 12.5 Å². The van der Waals surface area contributed by atoms with E-state index in [1.54, 1.807) is 0 Å². The number of carbonyl (C=O) groups excluding carboxylic acids is 1. The summed E-state index contributed by atoms with van der Waals surface area (Å²) in [6, 6.07) is 21.9. The molecule has 3 aliphatic rings. The van der Waals surface area contributed by atoms with Crippen molar-refractivity contribution in [1.29, 1.82) is 0 Å². The molecule has 5 rings (SSSR count). The van der Waals surface area contributed by atoms with Gasteiger partial charge in [-0.2, -0.15) is 0 Å². The van der Waals surface area contributed by atoms with E-state index in [9.17, 15) is 4.79 Å². The fourth-order valence-electron chi connectivity index (χ4n) is 5.44. The third-order valence-electron chi connectivity index (χ3n) is 7.23. The average Bonchev–Trinajstić information content (AvgIpc) is 3.20. The number of carbonyl (C=O) groups is 1. The van der Waals surface area contributed by atoms with Crippen LogP contribution in [-0.4, -0.2) is 85.9 Å². The molecule has 0 N–H and O–H groups in total. The van der Waals surface area contributed by atoms with Gasteiger partial charge in [0.1, 0.15) is 6.10 Å². The summed E-state index contributed by atoms with van der Waals surface area (Å²) in [6.45, 7) is 7.96. The lowest BCUT2D eigenvalue weighted by Crippen LogP contribution is -2.50. The summed E-state index contributed by atoms with van der Waals surface area (Å²) < 4.78 is 11.2. The molecule has 0 saturated carbocycles. The molecule has 33 heavy (non-hydrogen) atoms. The Balaban J connectivity index is 1.16. The molecule has 0 bridgehead atoms. The minimum atomic E-state index is -0.140. The van der Waals surface area contributed by atoms with Gasteiger partial charge in [-0.05, 0) is 29.9 Å². The molecular formula is C27H35N3O3. The molecule has 0 spiro atoms. The Morgan fingerprint density at radius 3 is 2.03 bits per heavy atom. The van der Waals surface area contributed by atoms with Crippen molar-refractivity contribution in [2.75, 3.05) is 59.0 Å². The Morgan fingerprint density at radius 2 is 1.42 bits per heavy atom. The predicted molar refractivity (Wildman–Crippen MR) is 128 cm³/mol. The van der Waals surface area contributed by atoms with Gasteiger partial charge in [-0.1, -0.05) is 60.7 Å². The van der Waals surface area contributed by atoms with Crippen molar-refractivity contribution in [1.82, 2.24) is 14.7 Å². The van der Waals surface area contributed by atoms with Crippen LogP contribution in [-0.2, 0) is 9.47 Å². The van der Waals surface area contributed by atoms with Crippen LogP contribution in [0.4, 0.5) is 4.79 Å². The van der Waals surface area contributed by atoms with Crippen LogP contribution < -0.4 is 0 Å². The number of hydrogen-bond donors (Lipinski definition) is 0. The monoisotopic (exact) mass is 449 g/mol. The lowest BCUT2D eigenvalue weighted by molar-refractivity contribution is 0.0570. The normalized spacial score (nSPS) is 23.2. The number of rotatable bonds is 7. The Kier molecular flexibility index (Phi) is 7.24. The average molecular weight is 450 g/mol. The van der Waals surface area contributed by atoms with Crippen molar-refractivity contribution in [3.8, 4) is 0 Å². The fraction of sp³-hybridized carbons (Fsp3) is 0.519. The minimum absolute atomic E-state index is 0.0251. The lowest BCUT2D eigenvalue weighted by atomic mass is 9.96. The first-order valence-corrected chi connectivity index (χ1v) is 12.4. The second kappa shape index (κ2) is 10.7. The van der Waals surface area contributed by atoms with Crippen LogP contribution in [0.25, 0.3) is 0 Å². The predicted octanol–water partition coefficient (Wildman–Crippen LogP) is 3.64. The fourth-order valence-corrected chi connectivity index (χ4v) is 5.44. The van der Waals surface area contributed by atoms with Gasteiger partial charge < -0.3 is 14.4 Å². The van der Waals surface area contributed by atoms with Crippen molar-refractivity contribution in [2.45, 2.75) is 25.0 Å². The molecule has 1 unspecified atom stereocenters. The molecule has 3 aliphatic heterocycles. The highest BCUT2D eigenvalue weighted by Gasteiger charge is 2.35. The number of benzene rings is 2. The summed E-state index contributed by atoms with van der Waals surface area (Å²) in [7, 11) is 0. The molecule has 3 fully saturated rings. The van der Waals surface area contributed by atoms with E-state index >= 15 is 0 Å². The van der Waals surface area contributed by atoms with E-state index in [4.69, 9.17) is 9.47 Å². The van der Waals surface area contributed by atoms with Gasteiger partial charge in [-0.15, -0.1) is 0 Å². The molecule has 0 aliphatic carbocycles. The summed E-state index contributed by atoms with van der Waals surface area (Å²) >= 11 is 0. The van der Waals surface area contributed by atoms with Gasteiger partial charge in [0.15, 0.2) is 0 Å². The molecule has 2 aromatic carbocycles. The molecule has 176 valence electrons. The number of cyclic esters (lactones) is 1. The van der Waals surface area contributed by atoms with Gasteiger partial charge in [0.25, 0.3) is 0 Å². The van der Waals surface area contributed by atoms with E-state index in [1.807, 2.05) is 4.90 Å². The van der Waals surface area contributed by atoms with Crippen LogP contribution >= 0.6 is 0 Å². The molecule has 6 nitrogen and oxygen atoms in total. The number of ether oxygens (including phenoxy) is 2. The third kappa shape index (κ3) is 5.57. The van der Waals surface area contributed by atoms with Crippen molar-refractivity contribution in [3.05, 3.63) is 71.8 Å². The van der Waals surface area contributed by atoms with E-state index in [-0.39, 0.29) is 18.2 Å². The van der Waals surface area contributed by atoms with Gasteiger partial charge in [0.05, 0.1) is 12.6 Å². The maximum atomic E-state index is 12.4. The Bertz CT molecular complexity index is 840. The van der Waals surface area contributed by atoms with Crippen LogP contribution in [0.2, 0.25) is 0 Å². The van der Waals surface area contributed by atoms with Crippen LogP contribution in [0.3, 0.4) is 0 Å². The highest BCUT2D eigenvalue weighted by atomic mass is 16.6. The van der Waals surface area contributed by atoms with Crippen molar-refractivity contribution >= 4 is 6.09 Å². The molecule has 3 heterocycles. The van der Waals surface area contributed by atoms with Gasteiger partial charge in [0.2, 0.25) is 0 Å². The summed E-state index contributed by atoms with van der Waals surface area (Å²) in [6.07, 6.45) is 1.92. The molecule has 0 radical (unpaired) electrons. The Labute approximate surface area is 197 Å². The zero-order chi connectivity index (χ0) is 22.5. The smallest absolute Gasteiger partial charge is 0.410 e. The van der Waals surface area contributed by atoms with E-state index in [0.717, 1.165) is 65.3 Å².